The van der Waals surface area contributed by atoms with E-state index in [0.717, 1.165) is 5.56 Å². The largest absolute Gasteiger partial charge is 0.289 e. The lowest BCUT2D eigenvalue weighted by Gasteiger charge is -2.14. The van der Waals surface area contributed by atoms with Crippen LogP contribution in [0, 0.1) is 6.92 Å². The van der Waals surface area contributed by atoms with Gasteiger partial charge in [0.05, 0.1) is 16.1 Å². The molecule has 4 aromatic rings. The lowest BCUT2D eigenvalue weighted by Crippen LogP contribution is -2.14. The maximum atomic E-state index is 13.7. The third kappa shape index (κ3) is 3.79. The van der Waals surface area contributed by atoms with Crippen molar-refractivity contribution in [3.63, 3.8) is 0 Å². The molecule has 3 nitrogen and oxygen atoms in total. The van der Waals surface area contributed by atoms with E-state index in [1.807, 2.05) is 6.92 Å². The maximum absolute atomic E-state index is 13.7. The third-order valence-corrected chi connectivity index (χ3v) is 7.70. The molecule has 0 saturated carbocycles. The number of aromatic nitrogens is 1. The first-order chi connectivity index (χ1) is 14.3. The second kappa shape index (κ2) is 8.17. The summed E-state index contributed by atoms with van der Waals surface area (Å²) in [6.07, 6.45) is 0. The minimum Gasteiger partial charge on any atom is -0.232 e. The van der Waals surface area contributed by atoms with Gasteiger partial charge in [0.25, 0.3) is 15.8 Å². The molecule has 0 radical (unpaired) electrons. The Morgan fingerprint density at radius 3 is 2.27 bits per heavy atom. The molecule has 0 bridgehead atoms. The van der Waals surface area contributed by atoms with Gasteiger partial charge in [0.1, 0.15) is 0 Å². The number of halogens is 3. The quantitative estimate of drug-likeness (QED) is 0.275. The second-order valence-corrected chi connectivity index (χ2v) is 10.4. The molecule has 1 heterocycles. The van der Waals surface area contributed by atoms with Gasteiger partial charge in [-0.15, -0.1) is 0 Å². The molecule has 0 amide bonds. The first kappa shape index (κ1) is 21.1. The van der Waals surface area contributed by atoms with Crippen molar-refractivity contribution >= 4 is 48.6 Å². The standard InChI is InChI=1S/C22H16BrF2NO2S2/c1-14-7-10-17(11-8-14)30(27,28)26-19-13-16(23)9-12-18(19)21(29-22(24)25)20(26)15-5-3-2-4-6-15/h2-13,22H,1H3. The SMILES string of the molecule is Cc1ccc(S(=O)(=O)n2c(-c3ccccc3)c(SC(F)F)c3ccc(Br)cc32)cc1. The predicted octanol–water partition coefficient (Wildman–Crippen LogP) is 6.93. The lowest BCUT2D eigenvalue weighted by molar-refractivity contribution is 0.252. The molecule has 0 aliphatic carbocycles. The van der Waals surface area contributed by atoms with Gasteiger partial charge in [-0.2, -0.15) is 8.78 Å². The van der Waals surface area contributed by atoms with Gasteiger partial charge in [0.15, 0.2) is 0 Å². The van der Waals surface area contributed by atoms with Crippen molar-refractivity contribution in [2.45, 2.75) is 22.5 Å². The van der Waals surface area contributed by atoms with Crippen LogP contribution in [0.2, 0.25) is 0 Å². The van der Waals surface area contributed by atoms with E-state index >= 15 is 0 Å². The fourth-order valence-corrected chi connectivity index (χ4v) is 6.07. The summed E-state index contributed by atoms with van der Waals surface area (Å²) in [5, 5.41) is 0.457. The first-order valence-electron chi connectivity index (χ1n) is 8.95. The van der Waals surface area contributed by atoms with Crippen molar-refractivity contribution in [2.24, 2.45) is 0 Å². The molecule has 8 heteroatoms. The highest BCUT2D eigenvalue weighted by Crippen LogP contribution is 2.44. The number of hydrogen-bond acceptors (Lipinski definition) is 3. The average Bonchev–Trinajstić information content (AvgIpc) is 3.02. The summed E-state index contributed by atoms with van der Waals surface area (Å²) in [5.41, 5.74) is 2.04. The Labute approximate surface area is 185 Å². The topological polar surface area (TPSA) is 39.1 Å². The molecule has 0 spiro atoms. The Hall–Kier alpha value is -2.16. The Morgan fingerprint density at radius 2 is 1.63 bits per heavy atom. The minimum atomic E-state index is -4.06. The number of fused-ring (bicyclic) bond motifs is 1. The zero-order valence-electron chi connectivity index (χ0n) is 15.7. The Balaban J connectivity index is 2.14. The number of thioether (sulfide) groups is 1. The number of nitrogens with zero attached hydrogens (tertiary/aromatic N) is 1. The summed E-state index contributed by atoms with van der Waals surface area (Å²) in [7, 11) is -4.06. The van der Waals surface area contributed by atoms with Crippen molar-refractivity contribution in [3.05, 3.63) is 82.8 Å². The van der Waals surface area contributed by atoms with Gasteiger partial charge in [-0.25, -0.2) is 12.4 Å². The van der Waals surface area contributed by atoms with E-state index in [1.165, 1.54) is 16.1 Å². The molecule has 0 unspecified atom stereocenters. The monoisotopic (exact) mass is 507 g/mol. The number of rotatable bonds is 5. The Kier molecular flexibility index (Phi) is 5.74. The van der Waals surface area contributed by atoms with E-state index in [1.54, 1.807) is 60.7 Å². The summed E-state index contributed by atoms with van der Waals surface area (Å²) in [6, 6.07) is 20.3. The van der Waals surface area contributed by atoms with Gasteiger partial charge in [-0.1, -0.05) is 81.8 Å². The summed E-state index contributed by atoms with van der Waals surface area (Å²) >= 11 is 3.73. The van der Waals surface area contributed by atoms with Gasteiger partial charge in [0.2, 0.25) is 0 Å². The smallest absolute Gasteiger partial charge is 0.232 e. The zero-order valence-corrected chi connectivity index (χ0v) is 18.9. The third-order valence-electron chi connectivity index (χ3n) is 4.65. The zero-order chi connectivity index (χ0) is 21.5. The molecule has 0 saturated heterocycles. The van der Waals surface area contributed by atoms with Gasteiger partial charge < -0.3 is 0 Å². The maximum Gasteiger partial charge on any atom is 0.289 e. The van der Waals surface area contributed by atoms with Crippen LogP contribution in [0.1, 0.15) is 5.56 Å². The van der Waals surface area contributed by atoms with Crippen LogP contribution < -0.4 is 0 Å². The minimum absolute atomic E-state index is 0.0933. The molecular weight excluding hydrogens is 492 g/mol. The van der Waals surface area contributed by atoms with Crippen molar-refractivity contribution in [3.8, 4) is 11.3 Å². The molecule has 1 aromatic heterocycles. The Morgan fingerprint density at radius 1 is 0.967 bits per heavy atom. The average molecular weight is 508 g/mol. The summed E-state index contributed by atoms with van der Waals surface area (Å²) in [6.45, 7) is 1.87. The fraction of sp³-hybridized carbons (Fsp3) is 0.0909. The van der Waals surface area contributed by atoms with Crippen LogP contribution in [0.3, 0.4) is 0 Å². The molecule has 0 atom stereocenters. The van der Waals surface area contributed by atoms with E-state index in [0.29, 0.717) is 32.7 Å². The highest BCUT2D eigenvalue weighted by Gasteiger charge is 2.29. The van der Waals surface area contributed by atoms with Crippen LogP contribution >= 0.6 is 27.7 Å². The predicted molar refractivity (Wildman–Crippen MR) is 121 cm³/mol. The number of hydrogen-bond donors (Lipinski definition) is 0. The number of alkyl halides is 2. The summed E-state index contributed by atoms with van der Waals surface area (Å²) in [5.74, 6) is -2.70. The van der Waals surface area contributed by atoms with Crippen LogP contribution in [-0.2, 0) is 10.0 Å². The molecule has 30 heavy (non-hydrogen) atoms. The van der Waals surface area contributed by atoms with Crippen LogP contribution in [0.5, 0.6) is 0 Å². The van der Waals surface area contributed by atoms with Crippen molar-refractivity contribution in [2.75, 3.05) is 0 Å². The van der Waals surface area contributed by atoms with E-state index in [9.17, 15) is 17.2 Å². The summed E-state index contributed by atoms with van der Waals surface area (Å²) in [4.78, 5) is 0.324. The molecular formula is C22H16BrF2NO2S2. The normalized spacial score (nSPS) is 12.0. The van der Waals surface area contributed by atoms with Crippen LogP contribution in [-0.4, -0.2) is 18.1 Å². The Bertz CT molecular complexity index is 1320. The molecule has 0 aliphatic heterocycles. The van der Waals surface area contributed by atoms with E-state index in [-0.39, 0.29) is 15.5 Å². The number of benzene rings is 3. The molecule has 0 fully saturated rings. The van der Waals surface area contributed by atoms with Gasteiger partial charge >= 0.3 is 0 Å². The summed E-state index contributed by atoms with van der Waals surface area (Å²) < 4.78 is 56.2. The molecule has 3 aromatic carbocycles. The second-order valence-electron chi connectivity index (χ2n) is 6.67. The van der Waals surface area contributed by atoms with Crippen LogP contribution in [0.4, 0.5) is 8.78 Å². The van der Waals surface area contributed by atoms with Crippen LogP contribution in [0.15, 0.2) is 87.1 Å². The first-order valence-corrected chi connectivity index (χ1v) is 12.1. The lowest BCUT2D eigenvalue weighted by atomic mass is 10.1. The van der Waals surface area contributed by atoms with E-state index in [2.05, 4.69) is 15.9 Å². The van der Waals surface area contributed by atoms with Crippen LogP contribution in [0.25, 0.3) is 22.2 Å². The van der Waals surface area contributed by atoms with Gasteiger partial charge in [-0.3, -0.25) is 0 Å². The fourth-order valence-electron chi connectivity index (χ4n) is 3.32. The molecule has 0 N–H and O–H groups in total. The molecule has 4 rings (SSSR count). The number of aryl methyl sites for hydroxylation is 1. The van der Waals surface area contributed by atoms with Crippen molar-refractivity contribution in [1.82, 2.24) is 3.97 Å². The van der Waals surface area contributed by atoms with E-state index in [4.69, 9.17) is 0 Å². The highest BCUT2D eigenvalue weighted by molar-refractivity contribution is 9.10. The van der Waals surface area contributed by atoms with Gasteiger partial charge in [-0.05, 0) is 31.2 Å². The van der Waals surface area contributed by atoms with Crippen molar-refractivity contribution in [1.29, 1.82) is 0 Å². The van der Waals surface area contributed by atoms with E-state index < -0.39 is 15.8 Å². The molecule has 154 valence electrons. The molecule has 0 aliphatic rings. The van der Waals surface area contributed by atoms with Gasteiger partial charge in [0, 0.05) is 20.3 Å². The van der Waals surface area contributed by atoms with Crippen molar-refractivity contribution < 1.29 is 17.2 Å². The highest BCUT2D eigenvalue weighted by atomic mass is 79.9.